The zero-order valence-corrected chi connectivity index (χ0v) is 12.3. The number of fused-ring (bicyclic) bond motifs is 1. The highest BCUT2D eigenvalue weighted by atomic mass is 19.1. The van der Waals surface area contributed by atoms with Crippen molar-refractivity contribution in [2.24, 2.45) is 0 Å². The molecule has 1 aliphatic heterocycles. The number of hydrogen-bond acceptors (Lipinski definition) is 4. The molecule has 2 N–H and O–H groups in total. The average molecular weight is 321 g/mol. The van der Waals surface area contributed by atoms with Gasteiger partial charge in [0, 0.05) is 37.0 Å². The zero-order valence-electron chi connectivity index (χ0n) is 12.3. The molecule has 0 unspecified atom stereocenters. The van der Waals surface area contributed by atoms with Crippen LogP contribution in [0.3, 0.4) is 0 Å². The molecule has 2 aliphatic rings. The van der Waals surface area contributed by atoms with E-state index in [4.69, 9.17) is 9.84 Å². The maximum atomic E-state index is 12.7. The summed E-state index contributed by atoms with van der Waals surface area (Å²) in [5.41, 5.74) is 1.57. The van der Waals surface area contributed by atoms with E-state index < -0.39 is 6.09 Å². The van der Waals surface area contributed by atoms with Crippen molar-refractivity contribution in [2.75, 3.05) is 13.2 Å². The number of nitrogens with zero attached hydrogens (tertiary/aromatic N) is 2. The summed E-state index contributed by atoms with van der Waals surface area (Å²) in [6.45, 7) is 0.262. The third-order valence-electron chi connectivity index (χ3n) is 3.81. The molecule has 122 valence electrons. The summed E-state index contributed by atoms with van der Waals surface area (Å²) in [5.74, 6) is 0.278. The summed E-state index contributed by atoms with van der Waals surface area (Å²) >= 11 is 0. The highest BCUT2D eigenvalue weighted by Gasteiger charge is 2.38. The molecule has 0 atom stereocenters. The lowest BCUT2D eigenvalue weighted by Crippen LogP contribution is -2.25. The Labute approximate surface area is 131 Å². The molecule has 0 spiro atoms. The lowest BCUT2D eigenvalue weighted by Gasteiger charge is -2.13. The predicted octanol–water partition coefficient (Wildman–Crippen LogP) is 1.70. The van der Waals surface area contributed by atoms with Gasteiger partial charge in [-0.3, -0.25) is 4.79 Å². The predicted molar refractivity (Wildman–Crippen MR) is 77.8 cm³/mol. The molecule has 1 aliphatic carbocycles. The number of carbonyl (C=O) groups is 2. The van der Waals surface area contributed by atoms with Crippen LogP contribution in [0.25, 0.3) is 0 Å². The highest BCUT2D eigenvalue weighted by Crippen LogP contribution is 2.35. The minimum atomic E-state index is -1.24. The minimum absolute atomic E-state index is 0.00319. The van der Waals surface area contributed by atoms with Crippen molar-refractivity contribution in [1.82, 2.24) is 15.2 Å². The molecule has 2 amide bonds. The van der Waals surface area contributed by atoms with Gasteiger partial charge in [0.25, 0.3) is 5.91 Å². The van der Waals surface area contributed by atoms with E-state index in [9.17, 15) is 14.0 Å². The number of aromatic nitrogens is 1. The molecule has 1 aromatic heterocycles. The molecule has 2 heterocycles. The van der Waals surface area contributed by atoms with E-state index in [1.807, 2.05) is 4.90 Å². The second-order valence-electron chi connectivity index (χ2n) is 5.56. The molecule has 0 aromatic carbocycles. The first-order chi connectivity index (χ1) is 11.1. The van der Waals surface area contributed by atoms with Crippen molar-refractivity contribution in [3.05, 3.63) is 35.3 Å². The van der Waals surface area contributed by atoms with Gasteiger partial charge in [-0.2, -0.15) is 0 Å². The van der Waals surface area contributed by atoms with Crippen LogP contribution in [0.2, 0.25) is 0 Å². The minimum Gasteiger partial charge on any atom is -0.473 e. The van der Waals surface area contributed by atoms with E-state index in [1.54, 1.807) is 6.07 Å². The lowest BCUT2D eigenvalue weighted by atomic mass is 10.2. The van der Waals surface area contributed by atoms with Gasteiger partial charge in [-0.15, -0.1) is 0 Å². The van der Waals surface area contributed by atoms with Crippen LogP contribution in [0.5, 0.6) is 5.88 Å². The second-order valence-corrected chi connectivity index (χ2v) is 5.56. The number of rotatable bonds is 6. The van der Waals surface area contributed by atoms with Crippen molar-refractivity contribution < 1.29 is 23.8 Å². The summed E-state index contributed by atoms with van der Waals surface area (Å²) in [4.78, 5) is 28.5. The normalized spacial score (nSPS) is 17.2. The van der Waals surface area contributed by atoms with Gasteiger partial charge < -0.3 is 20.1 Å². The first-order valence-electron chi connectivity index (χ1n) is 7.26. The van der Waals surface area contributed by atoms with Gasteiger partial charge in [0.05, 0.1) is 11.9 Å². The lowest BCUT2D eigenvalue weighted by molar-refractivity contribution is 0.0766. The third-order valence-corrected chi connectivity index (χ3v) is 3.81. The Bertz CT molecular complexity index is 673. The van der Waals surface area contributed by atoms with E-state index in [0.717, 1.165) is 18.4 Å². The molecule has 23 heavy (non-hydrogen) atoms. The Morgan fingerprint density at radius 3 is 3.00 bits per heavy atom. The van der Waals surface area contributed by atoms with E-state index in [0.29, 0.717) is 24.5 Å². The quantitative estimate of drug-likeness (QED) is 0.832. The Balaban J connectivity index is 1.61. The topological polar surface area (TPSA) is 91.8 Å². The van der Waals surface area contributed by atoms with Crippen molar-refractivity contribution in [3.63, 3.8) is 0 Å². The summed E-state index contributed by atoms with van der Waals surface area (Å²) in [5, 5.41) is 10.6. The molecular formula is C15H16FN3O4. The SMILES string of the molecule is O=C(O)NCC(=CF)COc1cc2c(cn1)C(=O)N(C1CC1)C2. The number of hydrogen-bond donors (Lipinski definition) is 2. The number of pyridine rings is 1. The second kappa shape index (κ2) is 6.23. The standard InChI is InChI=1S/C15H16FN3O4/c16-4-9(5-18-15(21)22)8-23-13-3-10-7-19(11-1-2-11)14(20)12(10)6-17-13/h3-4,6,11,18H,1-2,5,7-8H2,(H,21,22). The Morgan fingerprint density at radius 1 is 1.57 bits per heavy atom. The van der Waals surface area contributed by atoms with Gasteiger partial charge in [0.1, 0.15) is 6.61 Å². The number of carboxylic acid groups (broad SMARTS) is 1. The van der Waals surface area contributed by atoms with Crippen molar-refractivity contribution in [3.8, 4) is 5.88 Å². The largest absolute Gasteiger partial charge is 0.473 e. The van der Waals surface area contributed by atoms with Crippen molar-refractivity contribution >= 4 is 12.0 Å². The van der Waals surface area contributed by atoms with E-state index >= 15 is 0 Å². The molecule has 0 saturated heterocycles. The van der Waals surface area contributed by atoms with E-state index in [1.165, 1.54) is 6.20 Å². The van der Waals surface area contributed by atoms with E-state index in [2.05, 4.69) is 10.3 Å². The summed E-state index contributed by atoms with van der Waals surface area (Å²) < 4.78 is 18.1. The van der Waals surface area contributed by atoms with Gasteiger partial charge in [-0.1, -0.05) is 0 Å². The molecule has 8 heteroatoms. The van der Waals surface area contributed by atoms with Gasteiger partial charge in [-0.05, 0) is 18.4 Å². The van der Waals surface area contributed by atoms with Crippen molar-refractivity contribution in [1.29, 1.82) is 0 Å². The van der Waals surface area contributed by atoms with Crippen LogP contribution in [0.15, 0.2) is 24.2 Å². The fraction of sp³-hybridized carbons (Fsp3) is 0.400. The molecule has 7 nitrogen and oxygen atoms in total. The molecular weight excluding hydrogens is 305 g/mol. The number of ether oxygens (including phenoxy) is 1. The van der Waals surface area contributed by atoms with Gasteiger partial charge in [-0.25, -0.2) is 14.2 Å². The average Bonchev–Trinajstić information content (AvgIpc) is 3.32. The van der Waals surface area contributed by atoms with Gasteiger partial charge in [0.15, 0.2) is 0 Å². The fourth-order valence-corrected chi connectivity index (χ4v) is 2.45. The molecule has 0 radical (unpaired) electrons. The van der Waals surface area contributed by atoms with Crippen LogP contribution < -0.4 is 10.1 Å². The Hall–Kier alpha value is -2.64. The maximum Gasteiger partial charge on any atom is 0.404 e. The zero-order chi connectivity index (χ0) is 16.4. The number of halogens is 1. The monoisotopic (exact) mass is 321 g/mol. The summed E-state index contributed by atoms with van der Waals surface area (Å²) in [6, 6.07) is 2.01. The van der Waals surface area contributed by atoms with Crippen LogP contribution in [0.1, 0.15) is 28.8 Å². The first-order valence-corrected chi connectivity index (χ1v) is 7.26. The molecule has 1 saturated carbocycles. The third kappa shape index (κ3) is 3.41. The van der Waals surface area contributed by atoms with Crippen LogP contribution in [0.4, 0.5) is 9.18 Å². The van der Waals surface area contributed by atoms with Crippen LogP contribution in [0, 0.1) is 0 Å². The summed E-state index contributed by atoms with van der Waals surface area (Å²) in [7, 11) is 0. The van der Waals surface area contributed by atoms with Crippen LogP contribution >= 0.6 is 0 Å². The number of amides is 2. The maximum absolute atomic E-state index is 12.7. The number of carbonyl (C=O) groups excluding carboxylic acids is 1. The number of nitrogens with one attached hydrogen (secondary N) is 1. The molecule has 0 bridgehead atoms. The van der Waals surface area contributed by atoms with E-state index in [-0.39, 0.29) is 30.5 Å². The smallest absolute Gasteiger partial charge is 0.404 e. The van der Waals surface area contributed by atoms with Gasteiger partial charge in [0.2, 0.25) is 5.88 Å². The first kappa shape index (κ1) is 15.3. The Morgan fingerprint density at radius 2 is 2.35 bits per heavy atom. The van der Waals surface area contributed by atoms with Crippen LogP contribution in [-0.4, -0.2) is 46.2 Å². The molecule has 3 rings (SSSR count). The molecule has 1 aromatic rings. The Kier molecular flexibility index (Phi) is 4.14. The fourth-order valence-electron chi connectivity index (χ4n) is 2.45. The van der Waals surface area contributed by atoms with Crippen LogP contribution in [-0.2, 0) is 6.54 Å². The van der Waals surface area contributed by atoms with Crippen molar-refractivity contribution in [2.45, 2.75) is 25.4 Å². The van der Waals surface area contributed by atoms with Gasteiger partial charge >= 0.3 is 6.09 Å². The molecule has 1 fully saturated rings. The highest BCUT2D eigenvalue weighted by molar-refractivity contribution is 5.98. The summed E-state index contributed by atoms with van der Waals surface area (Å²) in [6.07, 6.45) is 2.62.